The molecular formula is C9H14N4O3S. The molecule has 0 spiro atoms. The maximum atomic E-state index is 11.0. The number of primary amides is 1. The zero-order valence-corrected chi connectivity index (χ0v) is 10.5. The fourth-order valence-electron chi connectivity index (χ4n) is 1.05. The Balaban J connectivity index is 3.07. The fraction of sp³-hybridized carbons (Fsp3) is 0.444. The van der Waals surface area contributed by atoms with Crippen molar-refractivity contribution in [3.63, 3.8) is 0 Å². The van der Waals surface area contributed by atoms with Gasteiger partial charge in [0.1, 0.15) is 5.69 Å². The van der Waals surface area contributed by atoms with E-state index in [1.54, 1.807) is 6.92 Å². The van der Waals surface area contributed by atoms with E-state index in [1.165, 1.54) is 6.20 Å². The number of aromatic nitrogens is 2. The second-order valence-corrected chi connectivity index (χ2v) is 3.26. The summed E-state index contributed by atoms with van der Waals surface area (Å²) in [7, 11) is 0. The highest BCUT2D eigenvalue weighted by Crippen LogP contribution is 2.28. The molecule has 1 rings (SSSR count). The molecule has 0 radical (unpaired) electrons. The molecule has 1 heterocycles. The quantitative estimate of drug-likeness (QED) is 0.769. The van der Waals surface area contributed by atoms with Crippen LogP contribution in [0.4, 0.5) is 10.5 Å². The van der Waals surface area contributed by atoms with E-state index < -0.39 is 6.03 Å². The van der Waals surface area contributed by atoms with E-state index >= 15 is 0 Å². The van der Waals surface area contributed by atoms with Gasteiger partial charge in [-0.15, -0.1) is 0 Å². The number of rotatable bonds is 5. The zero-order valence-electron chi connectivity index (χ0n) is 9.58. The van der Waals surface area contributed by atoms with Crippen LogP contribution in [0.15, 0.2) is 6.20 Å². The van der Waals surface area contributed by atoms with Crippen LogP contribution in [0.1, 0.15) is 13.8 Å². The van der Waals surface area contributed by atoms with E-state index in [0.29, 0.717) is 13.2 Å². The number of ether oxygens (including phenoxy) is 2. The van der Waals surface area contributed by atoms with Gasteiger partial charge in [-0.05, 0) is 13.8 Å². The van der Waals surface area contributed by atoms with Crippen molar-refractivity contribution >= 4 is 24.5 Å². The van der Waals surface area contributed by atoms with Crippen LogP contribution in [-0.2, 0) is 0 Å². The average molecular weight is 258 g/mol. The Labute approximate surface area is 104 Å². The Morgan fingerprint density at radius 3 is 2.65 bits per heavy atom. The van der Waals surface area contributed by atoms with Gasteiger partial charge in [-0.25, -0.2) is 14.1 Å². The number of hydrogen-bond acceptors (Lipinski definition) is 6. The summed E-state index contributed by atoms with van der Waals surface area (Å²) in [6, 6.07) is -0.576. The highest BCUT2D eigenvalue weighted by Gasteiger charge is 2.17. The molecule has 0 aliphatic heterocycles. The van der Waals surface area contributed by atoms with Gasteiger partial charge >= 0.3 is 12.0 Å². The molecule has 0 aliphatic rings. The molecule has 7 nitrogen and oxygen atoms in total. The van der Waals surface area contributed by atoms with Crippen LogP contribution in [-0.4, -0.2) is 29.2 Å². The molecule has 2 amide bonds. The van der Waals surface area contributed by atoms with Crippen LogP contribution >= 0.6 is 12.8 Å². The molecule has 8 heteroatoms. The molecule has 1 aromatic rings. The average Bonchev–Trinajstić information content (AvgIpc) is 2.29. The SMILES string of the molecule is CCOc1ncc(N(S)C(N)=O)c(OCC)n1. The van der Waals surface area contributed by atoms with Crippen LogP contribution in [0.5, 0.6) is 11.9 Å². The van der Waals surface area contributed by atoms with E-state index in [1.807, 2.05) is 6.92 Å². The Hall–Kier alpha value is -1.70. The lowest BCUT2D eigenvalue weighted by atomic mass is 10.5. The van der Waals surface area contributed by atoms with Crippen molar-refractivity contribution in [2.75, 3.05) is 17.5 Å². The highest BCUT2D eigenvalue weighted by molar-refractivity contribution is 7.82. The standard InChI is InChI=1S/C9H14N4O3S/c1-3-15-7-6(13(17)8(10)14)5-11-9(12-7)16-4-2/h5,17H,3-4H2,1-2H3,(H2,10,14). The summed E-state index contributed by atoms with van der Waals surface area (Å²) in [6.07, 6.45) is 1.36. The van der Waals surface area contributed by atoms with Crippen molar-refractivity contribution in [1.29, 1.82) is 0 Å². The summed E-state index contributed by atoms with van der Waals surface area (Å²) >= 11 is 3.92. The molecule has 0 fully saturated rings. The molecule has 2 N–H and O–H groups in total. The topological polar surface area (TPSA) is 90.6 Å². The third-order valence-corrected chi connectivity index (χ3v) is 2.12. The van der Waals surface area contributed by atoms with Crippen molar-refractivity contribution < 1.29 is 14.3 Å². The summed E-state index contributed by atoms with van der Waals surface area (Å²) in [5, 5.41) is 0. The second-order valence-electron chi connectivity index (χ2n) is 2.86. The molecule has 0 unspecified atom stereocenters. The number of anilines is 1. The zero-order chi connectivity index (χ0) is 12.8. The maximum Gasteiger partial charge on any atom is 0.329 e. The van der Waals surface area contributed by atoms with E-state index in [9.17, 15) is 4.79 Å². The third-order valence-electron chi connectivity index (χ3n) is 1.71. The largest absolute Gasteiger partial charge is 0.476 e. The van der Waals surface area contributed by atoms with Crippen LogP contribution in [0.25, 0.3) is 0 Å². The minimum atomic E-state index is -0.748. The number of carbonyl (C=O) groups is 1. The first-order chi connectivity index (χ1) is 8.10. The van der Waals surface area contributed by atoms with Gasteiger partial charge in [0.2, 0.25) is 5.88 Å². The Bertz CT molecular complexity index is 402. The molecular weight excluding hydrogens is 244 g/mol. The van der Waals surface area contributed by atoms with Crippen molar-refractivity contribution in [3.8, 4) is 11.9 Å². The van der Waals surface area contributed by atoms with Crippen LogP contribution in [0.2, 0.25) is 0 Å². The predicted octanol–water partition coefficient (Wildman–Crippen LogP) is 1.00. The van der Waals surface area contributed by atoms with Gasteiger partial charge in [-0.1, -0.05) is 12.8 Å². The van der Waals surface area contributed by atoms with E-state index in [4.69, 9.17) is 15.2 Å². The summed E-state index contributed by atoms with van der Waals surface area (Å²) < 4.78 is 11.3. The minimum absolute atomic E-state index is 0.172. The molecule has 0 aliphatic carbocycles. The van der Waals surface area contributed by atoms with Gasteiger partial charge in [0.25, 0.3) is 0 Å². The molecule has 0 aromatic carbocycles. The van der Waals surface area contributed by atoms with Gasteiger partial charge < -0.3 is 15.2 Å². The molecule has 1 aromatic heterocycles. The lowest BCUT2D eigenvalue weighted by molar-refractivity contribution is 0.256. The number of carbonyl (C=O) groups excluding carboxylic acids is 1. The normalized spacial score (nSPS) is 9.82. The fourth-order valence-corrected chi connectivity index (χ4v) is 1.19. The lowest BCUT2D eigenvalue weighted by Gasteiger charge is -2.15. The summed E-state index contributed by atoms with van der Waals surface area (Å²) in [4.78, 5) is 18.9. The molecule has 0 saturated carbocycles. The van der Waals surface area contributed by atoms with Crippen LogP contribution < -0.4 is 19.5 Å². The minimum Gasteiger partial charge on any atom is -0.476 e. The number of nitrogens with zero attached hydrogens (tertiary/aromatic N) is 3. The summed E-state index contributed by atoms with van der Waals surface area (Å²) in [5.41, 5.74) is 5.37. The van der Waals surface area contributed by atoms with Gasteiger partial charge in [0.05, 0.1) is 19.4 Å². The predicted molar refractivity (Wildman–Crippen MR) is 65.4 cm³/mol. The maximum absolute atomic E-state index is 11.0. The van der Waals surface area contributed by atoms with Crippen molar-refractivity contribution in [2.24, 2.45) is 5.73 Å². The Morgan fingerprint density at radius 2 is 2.12 bits per heavy atom. The monoisotopic (exact) mass is 258 g/mol. The van der Waals surface area contributed by atoms with Crippen LogP contribution in [0, 0.1) is 0 Å². The second kappa shape index (κ2) is 6.14. The van der Waals surface area contributed by atoms with E-state index in [0.717, 1.165) is 4.31 Å². The smallest absolute Gasteiger partial charge is 0.329 e. The Morgan fingerprint density at radius 1 is 1.47 bits per heavy atom. The summed E-state index contributed by atoms with van der Waals surface area (Å²) in [6.45, 7) is 4.42. The van der Waals surface area contributed by atoms with Crippen molar-refractivity contribution in [2.45, 2.75) is 13.8 Å². The highest BCUT2D eigenvalue weighted by atomic mass is 32.1. The third kappa shape index (κ3) is 3.38. The molecule has 0 bridgehead atoms. The van der Waals surface area contributed by atoms with E-state index in [-0.39, 0.29) is 17.6 Å². The molecule has 94 valence electrons. The number of nitrogens with two attached hydrogens (primary N) is 1. The van der Waals surface area contributed by atoms with Gasteiger partial charge in [0, 0.05) is 0 Å². The first-order valence-electron chi connectivity index (χ1n) is 5.01. The van der Waals surface area contributed by atoms with Gasteiger partial charge in [-0.2, -0.15) is 4.98 Å². The number of thiol groups is 1. The van der Waals surface area contributed by atoms with Gasteiger partial charge in [0.15, 0.2) is 0 Å². The Kier molecular flexibility index (Phi) is 4.83. The number of urea groups is 1. The summed E-state index contributed by atoms with van der Waals surface area (Å²) in [5.74, 6) is 0.194. The number of hydrogen-bond donors (Lipinski definition) is 2. The first kappa shape index (κ1) is 13.4. The first-order valence-corrected chi connectivity index (χ1v) is 5.41. The van der Waals surface area contributed by atoms with Crippen LogP contribution in [0.3, 0.4) is 0 Å². The van der Waals surface area contributed by atoms with E-state index in [2.05, 4.69) is 22.8 Å². The number of amides is 2. The lowest BCUT2D eigenvalue weighted by Crippen LogP contribution is -2.28. The van der Waals surface area contributed by atoms with Crippen molar-refractivity contribution in [3.05, 3.63) is 6.20 Å². The van der Waals surface area contributed by atoms with Crippen molar-refractivity contribution in [1.82, 2.24) is 9.97 Å². The molecule has 0 atom stereocenters. The van der Waals surface area contributed by atoms with Gasteiger partial charge in [-0.3, -0.25) is 0 Å². The molecule has 17 heavy (non-hydrogen) atoms. The molecule has 0 saturated heterocycles.